The Hall–Kier alpha value is -4.04. The van der Waals surface area contributed by atoms with E-state index in [9.17, 15) is 10.1 Å². The molecule has 0 radical (unpaired) electrons. The number of nitrogens with zero attached hydrogens (tertiary/aromatic N) is 7. The predicted molar refractivity (Wildman–Crippen MR) is 168 cm³/mol. The van der Waals surface area contributed by atoms with Crippen molar-refractivity contribution in [3.8, 4) is 28.0 Å². The summed E-state index contributed by atoms with van der Waals surface area (Å²) in [5.41, 5.74) is 4.86. The number of hydrogen-bond acceptors (Lipinski definition) is 9. The zero-order chi connectivity index (χ0) is 29.5. The van der Waals surface area contributed by atoms with Crippen LogP contribution in [0.25, 0.3) is 27.5 Å². The highest BCUT2D eigenvalue weighted by Gasteiger charge is 2.44. The Bertz CT molecular complexity index is 1670. The summed E-state index contributed by atoms with van der Waals surface area (Å²) in [4.78, 5) is 20.2. The molecule has 2 aliphatic carbocycles. The molecule has 43 heavy (non-hydrogen) atoms. The highest BCUT2D eigenvalue weighted by atomic mass is 32.1. The molecule has 2 bridgehead atoms. The minimum atomic E-state index is 0.203. The maximum atomic E-state index is 13.0. The molecule has 7 rings (SSSR count). The number of piperidine rings is 1. The average Bonchev–Trinajstić information content (AvgIpc) is 3.73. The van der Waals surface area contributed by atoms with Crippen molar-refractivity contribution in [1.29, 1.82) is 5.26 Å². The van der Waals surface area contributed by atoms with Crippen LogP contribution in [-0.4, -0.2) is 55.9 Å². The predicted octanol–water partition coefficient (Wildman–Crippen LogP) is 5.52. The lowest BCUT2D eigenvalue weighted by molar-refractivity contribution is -0.127. The molecule has 11 heteroatoms. The molecule has 3 aliphatic rings. The molecule has 1 aliphatic heterocycles. The van der Waals surface area contributed by atoms with Crippen molar-refractivity contribution in [2.24, 2.45) is 17.8 Å². The lowest BCUT2D eigenvalue weighted by Crippen LogP contribution is -2.53. The minimum absolute atomic E-state index is 0.203. The van der Waals surface area contributed by atoms with Gasteiger partial charge in [-0.05, 0) is 75.6 Å². The second-order valence-electron chi connectivity index (χ2n) is 12.6. The van der Waals surface area contributed by atoms with Gasteiger partial charge < -0.3 is 15.5 Å². The number of rotatable bonds is 7. The second-order valence-corrected chi connectivity index (χ2v) is 13.5. The Balaban J connectivity index is 1.10. The normalized spacial score (nSPS) is 22.2. The Morgan fingerprint density at radius 1 is 1.05 bits per heavy atom. The first-order chi connectivity index (χ1) is 21.0. The molecule has 3 fully saturated rings. The van der Waals surface area contributed by atoms with Gasteiger partial charge in [0.05, 0.1) is 34.2 Å². The smallest absolute Gasteiger partial charge is 0.223 e. The molecule has 222 valence electrons. The topological polar surface area (TPSA) is 124 Å². The van der Waals surface area contributed by atoms with Crippen molar-refractivity contribution in [3.63, 3.8) is 0 Å². The molecule has 1 amide bonds. The number of hydrogen-bond donors (Lipinski definition) is 2. The van der Waals surface area contributed by atoms with Gasteiger partial charge in [-0.25, -0.2) is 4.52 Å². The standard InChI is InChI=1S/C32H37N9OS/c1-19(2)36-26-13-27(28-11-10-24-12-20(14-33)15-35-41(24)28)34-16-25(26)31-38-39-32(43-31)40-17-22-8-9-23(18-40)29(22)37-30(42)21-6-4-3-5-7-21/h10-13,15-16,19,21-23,29H,3-9,17-18H2,1-2H3,(H,34,36)(H,37,42)/t22-,23+,29?. The largest absolute Gasteiger partial charge is 0.382 e. The fourth-order valence-corrected chi connectivity index (χ4v) is 8.05. The second kappa shape index (κ2) is 11.6. The van der Waals surface area contributed by atoms with Gasteiger partial charge >= 0.3 is 0 Å². The molecular weight excluding hydrogens is 558 g/mol. The maximum absolute atomic E-state index is 13.0. The van der Waals surface area contributed by atoms with Gasteiger partial charge in [-0.2, -0.15) is 10.4 Å². The summed E-state index contributed by atoms with van der Waals surface area (Å²) in [6.07, 6.45) is 11.4. The van der Waals surface area contributed by atoms with Crippen LogP contribution < -0.4 is 15.5 Å². The van der Waals surface area contributed by atoms with Crippen molar-refractivity contribution >= 4 is 33.6 Å². The Morgan fingerprint density at radius 3 is 2.58 bits per heavy atom. The number of aromatic nitrogens is 5. The maximum Gasteiger partial charge on any atom is 0.223 e. The van der Waals surface area contributed by atoms with Gasteiger partial charge in [0.1, 0.15) is 6.07 Å². The van der Waals surface area contributed by atoms with E-state index in [2.05, 4.69) is 50.7 Å². The molecule has 3 atom stereocenters. The van der Waals surface area contributed by atoms with E-state index in [0.29, 0.717) is 17.4 Å². The summed E-state index contributed by atoms with van der Waals surface area (Å²) in [6.45, 7) is 6.02. The zero-order valence-corrected chi connectivity index (χ0v) is 25.5. The number of anilines is 2. The first-order valence-electron chi connectivity index (χ1n) is 15.5. The number of carbonyl (C=O) groups is 1. The van der Waals surface area contributed by atoms with E-state index >= 15 is 0 Å². The van der Waals surface area contributed by atoms with E-state index in [1.807, 2.05) is 30.5 Å². The molecule has 2 N–H and O–H groups in total. The van der Waals surface area contributed by atoms with Crippen molar-refractivity contribution in [3.05, 3.63) is 42.2 Å². The van der Waals surface area contributed by atoms with E-state index in [0.717, 1.165) is 77.1 Å². The van der Waals surface area contributed by atoms with Crippen molar-refractivity contribution in [2.45, 2.75) is 70.9 Å². The van der Waals surface area contributed by atoms with Gasteiger partial charge in [-0.1, -0.05) is 30.6 Å². The fourth-order valence-electron chi connectivity index (χ4n) is 7.16. The third-order valence-corrected chi connectivity index (χ3v) is 10.3. The van der Waals surface area contributed by atoms with Gasteiger partial charge in [0.25, 0.3) is 0 Å². The van der Waals surface area contributed by atoms with Crippen LogP contribution in [0.4, 0.5) is 10.8 Å². The SMILES string of the molecule is CC(C)Nc1cc(-c2ccc3cc(C#N)cnn23)ncc1-c1nnc(N2C[C@H]3CC[C@@H](C2)C3NC(=O)C2CCCCC2)s1. The van der Waals surface area contributed by atoms with Crippen molar-refractivity contribution in [2.75, 3.05) is 23.3 Å². The Morgan fingerprint density at radius 2 is 1.84 bits per heavy atom. The van der Waals surface area contributed by atoms with Crippen LogP contribution in [0.2, 0.25) is 0 Å². The molecule has 10 nitrogen and oxygen atoms in total. The summed E-state index contributed by atoms with van der Waals surface area (Å²) in [5, 5.41) is 31.8. The summed E-state index contributed by atoms with van der Waals surface area (Å²) < 4.78 is 1.81. The molecule has 5 heterocycles. The molecular formula is C32H37N9OS. The first kappa shape index (κ1) is 27.8. The lowest BCUT2D eigenvalue weighted by Gasteiger charge is -2.38. The summed E-state index contributed by atoms with van der Waals surface area (Å²) in [7, 11) is 0. The first-order valence-corrected chi connectivity index (χ1v) is 16.3. The Kier molecular flexibility index (Phi) is 7.47. The summed E-state index contributed by atoms with van der Waals surface area (Å²) >= 11 is 1.60. The number of amides is 1. The van der Waals surface area contributed by atoms with Gasteiger partial charge in [-0.15, -0.1) is 10.2 Å². The third kappa shape index (κ3) is 5.44. The van der Waals surface area contributed by atoms with Crippen LogP contribution in [-0.2, 0) is 4.79 Å². The van der Waals surface area contributed by atoms with Crippen LogP contribution >= 0.6 is 11.3 Å². The van der Waals surface area contributed by atoms with Crippen LogP contribution in [0.5, 0.6) is 0 Å². The quantitative estimate of drug-likeness (QED) is 0.286. The molecule has 0 spiro atoms. The minimum Gasteiger partial charge on any atom is -0.382 e. The highest BCUT2D eigenvalue weighted by Crippen LogP contribution is 2.42. The summed E-state index contributed by atoms with van der Waals surface area (Å²) in [6, 6.07) is 10.4. The van der Waals surface area contributed by atoms with Crippen LogP contribution in [0.15, 0.2) is 36.7 Å². The highest BCUT2D eigenvalue weighted by molar-refractivity contribution is 7.18. The number of fused-ring (bicyclic) bond motifs is 3. The molecule has 4 aromatic heterocycles. The van der Waals surface area contributed by atoms with Crippen LogP contribution in [0.1, 0.15) is 64.4 Å². The molecule has 1 saturated heterocycles. The van der Waals surface area contributed by atoms with E-state index in [1.165, 1.54) is 19.3 Å². The van der Waals surface area contributed by atoms with Gasteiger partial charge in [0, 0.05) is 43.0 Å². The van der Waals surface area contributed by atoms with E-state index < -0.39 is 0 Å². The van der Waals surface area contributed by atoms with Gasteiger partial charge in [0.2, 0.25) is 11.0 Å². The molecule has 0 aromatic carbocycles. The number of pyridine rings is 1. The Labute approximate surface area is 255 Å². The number of nitrogens with one attached hydrogen (secondary N) is 2. The van der Waals surface area contributed by atoms with Crippen molar-refractivity contribution < 1.29 is 4.79 Å². The third-order valence-electron chi connectivity index (χ3n) is 9.27. The molecule has 4 aromatic rings. The number of nitriles is 1. The molecule has 1 unspecified atom stereocenters. The van der Waals surface area contributed by atoms with Crippen LogP contribution in [0, 0.1) is 29.1 Å². The van der Waals surface area contributed by atoms with Gasteiger partial charge in [-0.3, -0.25) is 9.78 Å². The average molecular weight is 596 g/mol. The molecule has 2 saturated carbocycles. The van der Waals surface area contributed by atoms with Crippen LogP contribution in [0.3, 0.4) is 0 Å². The monoisotopic (exact) mass is 595 g/mol. The van der Waals surface area contributed by atoms with E-state index in [4.69, 9.17) is 4.98 Å². The zero-order valence-electron chi connectivity index (χ0n) is 24.7. The summed E-state index contributed by atoms with van der Waals surface area (Å²) in [5.74, 6) is 1.39. The lowest BCUT2D eigenvalue weighted by atomic mass is 9.87. The van der Waals surface area contributed by atoms with E-state index in [-0.39, 0.29) is 23.9 Å². The van der Waals surface area contributed by atoms with Gasteiger partial charge in [0.15, 0.2) is 5.01 Å². The fraction of sp³-hybridized carbons (Fsp3) is 0.500. The van der Waals surface area contributed by atoms with Crippen molar-refractivity contribution in [1.82, 2.24) is 30.1 Å². The number of carbonyl (C=O) groups excluding carboxylic acids is 1. The van der Waals surface area contributed by atoms with E-state index in [1.54, 1.807) is 22.0 Å².